The van der Waals surface area contributed by atoms with E-state index in [1.807, 2.05) is 19.1 Å². The van der Waals surface area contributed by atoms with Crippen LogP contribution in [0.25, 0.3) is 0 Å². The number of carbonyl (C=O) groups excluding carboxylic acids is 1. The van der Waals surface area contributed by atoms with E-state index in [9.17, 15) is 4.79 Å². The van der Waals surface area contributed by atoms with Gasteiger partial charge in [0.15, 0.2) is 0 Å². The summed E-state index contributed by atoms with van der Waals surface area (Å²) in [5, 5.41) is 0. The van der Waals surface area contributed by atoms with Gasteiger partial charge in [-0.2, -0.15) is 0 Å². The van der Waals surface area contributed by atoms with Crippen LogP contribution < -0.4 is 10.5 Å². The smallest absolute Gasteiger partial charge is 0.313 e. The van der Waals surface area contributed by atoms with Crippen molar-refractivity contribution < 1.29 is 14.3 Å². The minimum Gasteiger partial charge on any atom is -0.497 e. The molecule has 0 aliphatic carbocycles. The number of nitrogens with zero attached hydrogens (tertiary/aromatic N) is 1. The number of ether oxygens (including phenoxy) is 2. The monoisotopic (exact) mass is 252 g/mol. The first-order valence-corrected chi connectivity index (χ1v) is 5.75. The highest BCUT2D eigenvalue weighted by Crippen LogP contribution is 2.24. The van der Waals surface area contributed by atoms with Gasteiger partial charge in [-0.3, -0.25) is 9.78 Å². The van der Waals surface area contributed by atoms with Crippen molar-refractivity contribution in [3.05, 3.63) is 23.5 Å². The van der Waals surface area contributed by atoms with Crippen molar-refractivity contribution in [3.8, 4) is 5.75 Å². The average molecular weight is 252 g/mol. The molecule has 1 aromatic heterocycles. The molecule has 1 unspecified atom stereocenters. The third kappa shape index (κ3) is 3.20. The van der Waals surface area contributed by atoms with E-state index in [0.717, 1.165) is 17.1 Å². The van der Waals surface area contributed by atoms with E-state index in [4.69, 9.17) is 15.2 Å². The van der Waals surface area contributed by atoms with E-state index >= 15 is 0 Å². The first kappa shape index (κ1) is 14.4. The molecule has 100 valence electrons. The summed E-state index contributed by atoms with van der Waals surface area (Å²) in [6, 6.07) is 3.64. The van der Waals surface area contributed by atoms with Gasteiger partial charge in [-0.15, -0.1) is 0 Å². The molecule has 1 rings (SSSR count). The third-order valence-electron chi connectivity index (χ3n) is 2.92. The zero-order valence-corrected chi connectivity index (χ0v) is 11.3. The fourth-order valence-electron chi connectivity index (χ4n) is 1.79. The van der Waals surface area contributed by atoms with Gasteiger partial charge < -0.3 is 15.2 Å². The predicted molar refractivity (Wildman–Crippen MR) is 68.4 cm³/mol. The third-order valence-corrected chi connectivity index (χ3v) is 2.92. The van der Waals surface area contributed by atoms with Crippen LogP contribution in [0.2, 0.25) is 0 Å². The molecule has 0 saturated carbocycles. The summed E-state index contributed by atoms with van der Waals surface area (Å²) < 4.78 is 9.97. The normalized spacial score (nSPS) is 13.8. The Morgan fingerprint density at radius 2 is 2.11 bits per heavy atom. The van der Waals surface area contributed by atoms with Gasteiger partial charge in [-0.05, 0) is 13.8 Å². The van der Waals surface area contributed by atoms with E-state index < -0.39 is 5.41 Å². The van der Waals surface area contributed by atoms with Crippen LogP contribution in [0.4, 0.5) is 0 Å². The number of carbonyl (C=O) groups is 1. The van der Waals surface area contributed by atoms with Crippen LogP contribution in [-0.2, 0) is 16.0 Å². The van der Waals surface area contributed by atoms with Crippen molar-refractivity contribution in [1.29, 1.82) is 0 Å². The summed E-state index contributed by atoms with van der Waals surface area (Å²) >= 11 is 0. The SMILES string of the molecule is COC(=O)C(C)(CN)Cc1cc(OC)cc(C)n1. The van der Waals surface area contributed by atoms with Crippen LogP contribution >= 0.6 is 0 Å². The summed E-state index contributed by atoms with van der Waals surface area (Å²) in [5.41, 5.74) is 6.53. The summed E-state index contributed by atoms with van der Waals surface area (Å²) in [4.78, 5) is 16.1. The van der Waals surface area contributed by atoms with Crippen LogP contribution in [0.1, 0.15) is 18.3 Å². The molecule has 0 aliphatic heterocycles. The number of hydrogen-bond donors (Lipinski definition) is 1. The maximum Gasteiger partial charge on any atom is 0.313 e. The highest BCUT2D eigenvalue weighted by Gasteiger charge is 2.33. The van der Waals surface area contributed by atoms with Crippen molar-refractivity contribution in [2.24, 2.45) is 11.1 Å². The van der Waals surface area contributed by atoms with Gasteiger partial charge in [0, 0.05) is 36.5 Å². The number of aryl methyl sites for hydroxylation is 1. The van der Waals surface area contributed by atoms with Gasteiger partial charge >= 0.3 is 5.97 Å². The molecule has 2 N–H and O–H groups in total. The van der Waals surface area contributed by atoms with Crippen LogP contribution in [0, 0.1) is 12.3 Å². The lowest BCUT2D eigenvalue weighted by atomic mass is 9.85. The minimum absolute atomic E-state index is 0.206. The van der Waals surface area contributed by atoms with Gasteiger partial charge in [0.1, 0.15) is 5.75 Å². The highest BCUT2D eigenvalue weighted by atomic mass is 16.5. The number of hydrogen-bond acceptors (Lipinski definition) is 5. The van der Waals surface area contributed by atoms with E-state index in [-0.39, 0.29) is 12.5 Å². The summed E-state index contributed by atoms with van der Waals surface area (Å²) in [7, 11) is 2.96. The number of methoxy groups -OCH3 is 2. The van der Waals surface area contributed by atoms with Crippen LogP contribution in [0.15, 0.2) is 12.1 Å². The number of esters is 1. The Kier molecular flexibility index (Phi) is 4.67. The Bertz CT molecular complexity index is 434. The first-order chi connectivity index (χ1) is 8.45. The van der Waals surface area contributed by atoms with E-state index in [2.05, 4.69) is 4.98 Å². The van der Waals surface area contributed by atoms with Gasteiger partial charge in [0.05, 0.1) is 19.6 Å². The zero-order valence-electron chi connectivity index (χ0n) is 11.3. The molecular formula is C13H20N2O3. The Labute approximate surface area is 107 Å². The van der Waals surface area contributed by atoms with Crippen molar-refractivity contribution in [1.82, 2.24) is 4.98 Å². The molecule has 0 bridgehead atoms. The lowest BCUT2D eigenvalue weighted by Crippen LogP contribution is -2.39. The molecule has 1 heterocycles. The maximum atomic E-state index is 11.7. The number of nitrogens with two attached hydrogens (primary N) is 1. The molecular weight excluding hydrogens is 232 g/mol. The minimum atomic E-state index is -0.763. The lowest BCUT2D eigenvalue weighted by Gasteiger charge is -2.24. The zero-order chi connectivity index (χ0) is 13.8. The Hall–Kier alpha value is -1.62. The second-order valence-corrected chi connectivity index (χ2v) is 4.57. The molecule has 0 aliphatic rings. The molecule has 5 nitrogen and oxygen atoms in total. The van der Waals surface area contributed by atoms with E-state index in [1.54, 1.807) is 14.0 Å². The molecule has 1 aromatic rings. The molecule has 1 atom stereocenters. The molecule has 0 saturated heterocycles. The largest absolute Gasteiger partial charge is 0.497 e. The second kappa shape index (κ2) is 5.82. The summed E-state index contributed by atoms with van der Waals surface area (Å²) in [6.07, 6.45) is 0.425. The van der Waals surface area contributed by atoms with Crippen molar-refractivity contribution >= 4 is 5.97 Å². The van der Waals surface area contributed by atoms with Crippen LogP contribution in [0.5, 0.6) is 5.75 Å². The van der Waals surface area contributed by atoms with Crippen molar-refractivity contribution in [2.75, 3.05) is 20.8 Å². The number of pyridine rings is 1. The van der Waals surface area contributed by atoms with E-state index in [0.29, 0.717) is 6.42 Å². The molecule has 0 amide bonds. The molecule has 18 heavy (non-hydrogen) atoms. The number of rotatable bonds is 5. The second-order valence-electron chi connectivity index (χ2n) is 4.57. The molecule has 0 spiro atoms. The maximum absolute atomic E-state index is 11.7. The number of aromatic nitrogens is 1. The standard InChI is InChI=1S/C13H20N2O3/c1-9-5-11(17-3)6-10(15-9)7-13(2,8-14)12(16)18-4/h5-6H,7-8,14H2,1-4H3. The summed E-state index contributed by atoms with van der Waals surface area (Å²) in [5.74, 6) is 0.397. The Morgan fingerprint density at radius 3 is 2.61 bits per heavy atom. The quantitative estimate of drug-likeness (QED) is 0.794. The van der Waals surface area contributed by atoms with Gasteiger partial charge in [-0.25, -0.2) is 0 Å². The van der Waals surface area contributed by atoms with Gasteiger partial charge in [0.2, 0.25) is 0 Å². The fraction of sp³-hybridized carbons (Fsp3) is 0.538. The Morgan fingerprint density at radius 1 is 1.44 bits per heavy atom. The molecule has 0 aromatic carbocycles. The highest BCUT2D eigenvalue weighted by molar-refractivity contribution is 5.76. The van der Waals surface area contributed by atoms with Crippen LogP contribution in [-0.4, -0.2) is 31.7 Å². The van der Waals surface area contributed by atoms with Crippen LogP contribution in [0.3, 0.4) is 0 Å². The topological polar surface area (TPSA) is 74.4 Å². The molecule has 0 fully saturated rings. The first-order valence-electron chi connectivity index (χ1n) is 5.75. The Balaban J connectivity index is 3.01. The van der Waals surface area contributed by atoms with E-state index in [1.165, 1.54) is 7.11 Å². The van der Waals surface area contributed by atoms with Crippen molar-refractivity contribution in [3.63, 3.8) is 0 Å². The summed E-state index contributed by atoms with van der Waals surface area (Å²) in [6.45, 7) is 3.86. The molecule has 5 heteroatoms. The lowest BCUT2D eigenvalue weighted by molar-refractivity contribution is -0.151. The fourth-order valence-corrected chi connectivity index (χ4v) is 1.79. The molecule has 0 radical (unpaired) electrons. The average Bonchev–Trinajstić information content (AvgIpc) is 2.36. The van der Waals surface area contributed by atoms with Gasteiger partial charge in [0.25, 0.3) is 0 Å². The van der Waals surface area contributed by atoms with Gasteiger partial charge in [-0.1, -0.05) is 0 Å². The van der Waals surface area contributed by atoms with Crippen molar-refractivity contribution in [2.45, 2.75) is 20.3 Å². The predicted octanol–water partition coefficient (Wildman–Crippen LogP) is 1.08.